The lowest BCUT2D eigenvalue weighted by atomic mass is 9.86. The first kappa shape index (κ1) is 15.2. The Morgan fingerprint density at radius 2 is 1.85 bits per heavy atom. The number of nitrogens with zero attached hydrogens (tertiary/aromatic N) is 1. The maximum absolute atomic E-state index is 6.17. The number of hydrogen-bond donors (Lipinski definition) is 1. The number of rotatable bonds is 4. The smallest absolute Gasteiger partial charge is 0.125 e. The van der Waals surface area contributed by atoms with Crippen molar-refractivity contribution >= 4 is 5.69 Å². The van der Waals surface area contributed by atoms with Crippen molar-refractivity contribution in [3.8, 4) is 5.75 Å². The van der Waals surface area contributed by atoms with E-state index in [-0.39, 0.29) is 6.04 Å². The molecule has 3 nitrogen and oxygen atoms in total. The van der Waals surface area contributed by atoms with Crippen LogP contribution in [0.15, 0.2) is 18.2 Å². The summed E-state index contributed by atoms with van der Waals surface area (Å²) in [5.41, 5.74) is 8.55. The van der Waals surface area contributed by atoms with Crippen molar-refractivity contribution in [1.29, 1.82) is 0 Å². The van der Waals surface area contributed by atoms with Gasteiger partial charge < -0.3 is 15.4 Å². The zero-order valence-electron chi connectivity index (χ0n) is 13.2. The van der Waals surface area contributed by atoms with Crippen molar-refractivity contribution in [3.05, 3.63) is 23.8 Å². The van der Waals surface area contributed by atoms with Crippen LogP contribution in [0.5, 0.6) is 5.75 Å². The second-order valence-corrected chi connectivity index (χ2v) is 6.25. The van der Waals surface area contributed by atoms with Gasteiger partial charge in [0, 0.05) is 30.4 Å². The standard InChI is InChI=1S/C17H28N2O/c1-12(2)14-8-10-19(11-9-14)15-6-5-7-16(20-4)17(15)13(3)18/h5-7,12-14H,8-11,18H2,1-4H3/t13-/m0/s1. The number of hydrogen-bond acceptors (Lipinski definition) is 3. The molecule has 0 aromatic heterocycles. The Morgan fingerprint density at radius 3 is 2.35 bits per heavy atom. The van der Waals surface area contributed by atoms with Crippen LogP contribution in [-0.2, 0) is 0 Å². The van der Waals surface area contributed by atoms with Crippen molar-refractivity contribution in [3.63, 3.8) is 0 Å². The Labute approximate surface area is 123 Å². The predicted octanol–water partition coefficient (Wildman–Crippen LogP) is 3.59. The Morgan fingerprint density at radius 1 is 1.20 bits per heavy atom. The second-order valence-electron chi connectivity index (χ2n) is 6.25. The molecule has 0 unspecified atom stereocenters. The molecule has 1 saturated heterocycles. The van der Waals surface area contributed by atoms with Gasteiger partial charge in [0.2, 0.25) is 0 Å². The molecule has 1 aromatic carbocycles. The molecule has 2 N–H and O–H groups in total. The summed E-state index contributed by atoms with van der Waals surface area (Å²) >= 11 is 0. The van der Waals surface area contributed by atoms with Gasteiger partial charge >= 0.3 is 0 Å². The third-order valence-corrected chi connectivity index (χ3v) is 4.54. The van der Waals surface area contributed by atoms with E-state index < -0.39 is 0 Å². The van der Waals surface area contributed by atoms with E-state index in [1.54, 1.807) is 7.11 Å². The number of nitrogens with two attached hydrogens (primary N) is 1. The van der Waals surface area contributed by atoms with Crippen LogP contribution in [0.3, 0.4) is 0 Å². The summed E-state index contributed by atoms with van der Waals surface area (Å²) < 4.78 is 5.49. The SMILES string of the molecule is COc1cccc(N2CCC(C(C)C)CC2)c1[C@H](C)N. The van der Waals surface area contributed by atoms with Gasteiger partial charge in [-0.15, -0.1) is 0 Å². The largest absolute Gasteiger partial charge is 0.496 e. The molecular formula is C17H28N2O. The average molecular weight is 276 g/mol. The average Bonchev–Trinajstić information content (AvgIpc) is 2.46. The molecule has 112 valence electrons. The molecular weight excluding hydrogens is 248 g/mol. The highest BCUT2D eigenvalue weighted by Crippen LogP contribution is 2.36. The summed E-state index contributed by atoms with van der Waals surface area (Å²) in [5, 5.41) is 0. The van der Waals surface area contributed by atoms with Gasteiger partial charge in [0.05, 0.1) is 7.11 Å². The summed E-state index contributed by atoms with van der Waals surface area (Å²) in [6, 6.07) is 6.23. The van der Waals surface area contributed by atoms with Crippen LogP contribution >= 0.6 is 0 Å². The fourth-order valence-corrected chi connectivity index (χ4v) is 3.25. The topological polar surface area (TPSA) is 38.5 Å². The third-order valence-electron chi connectivity index (χ3n) is 4.54. The highest BCUT2D eigenvalue weighted by Gasteiger charge is 2.24. The lowest BCUT2D eigenvalue weighted by Crippen LogP contribution is -2.36. The summed E-state index contributed by atoms with van der Waals surface area (Å²) in [4.78, 5) is 2.47. The van der Waals surface area contributed by atoms with E-state index in [1.165, 1.54) is 18.5 Å². The molecule has 0 saturated carbocycles. The fourth-order valence-electron chi connectivity index (χ4n) is 3.25. The number of methoxy groups -OCH3 is 1. The number of piperidine rings is 1. The molecule has 1 fully saturated rings. The number of anilines is 1. The maximum Gasteiger partial charge on any atom is 0.125 e. The maximum atomic E-state index is 6.17. The van der Waals surface area contributed by atoms with Gasteiger partial charge in [-0.25, -0.2) is 0 Å². The molecule has 1 aliphatic heterocycles. The van der Waals surface area contributed by atoms with Crippen molar-refractivity contribution < 1.29 is 4.74 Å². The minimum absolute atomic E-state index is 0.0102. The van der Waals surface area contributed by atoms with E-state index in [0.29, 0.717) is 0 Å². The number of ether oxygens (including phenoxy) is 1. The van der Waals surface area contributed by atoms with Crippen molar-refractivity contribution in [2.24, 2.45) is 17.6 Å². The van der Waals surface area contributed by atoms with Crippen LogP contribution < -0.4 is 15.4 Å². The summed E-state index contributed by atoms with van der Waals surface area (Å²) in [6.45, 7) is 8.94. The van der Waals surface area contributed by atoms with E-state index in [0.717, 1.165) is 36.2 Å². The van der Waals surface area contributed by atoms with Gasteiger partial charge in [-0.05, 0) is 43.7 Å². The van der Waals surface area contributed by atoms with Crippen LogP contribution in [0, 0.1) is 11.8 Å². The third kappa shape index (κ3) is 3.09. The quantitative estimate of drug-likeness (QED) is 0.913. The van der Waals surface area contributed by atoms with Crippen LogP contribution in [0.1, 0.15) is 45.2 Å². The van der Waals surface area contributed by atoms with Gasteiger partial charge in [0.25, 0.3) is 0 Å². The molecule has 0 spiro atoms. The number of benzene rings is 1. The molecule has 0 bridgehead atoms. The molecule has 1 atom stereocenters. The first-order valence-corrected chi connectivity index (χ1v) is 7.72. The lowest BCUT2D eigenvalue weighted by molar-refractivity contribution is 0.311. The summed E-state index contributed by atoms with van der Waals surface area (Å²) in [7, 11) is 1.72. The van der Waals surface area contributed by atoms with Gasteiger partial charge in [0.15, 0.2) is 0 Å². The van der Waals surface area contributed by atoms with Crippen LogP contribution in [0.25, 0.3) is 0 Å². The first-order valence-electron chi connectivity index (χ1n) is 7.72. The molecule has 0 aliphatic carbocycles. The van der Waals surface area contributed by atoms with Gasteiger partial charge in [0.1, 0.15) is 5.75 Å². The zero-order chi connectivity index (χ0) is 14.7. The molecule has 1 aliphatic rings. The molecule has 20 heavy (non-hydrogen) atoms. The zero-order valence-corrected chi connectivity index (χ0v) is 13.2. The van der Waals surface area contributed by atoms with Gasteiger partial charge in [-0.2, -0.15) is 0 Å². The van der Waals surface area contributed by atoms with Gasteiger partial charge in [-0.1, -0.05) is 19.9 Å². The van der Waals surface area contributed by atoms with Crippen LogP contribution in [0.4, 0.5) is 5.69 Å². The summed E-state index contributed by atoms with van der Waals surface area (Å²) in [5.74, 6) is 2.55. The normalized spacial score (nSPS) is 18.4. The van der Waals surface area contributed by atoms with E-state index in [1.807, 2.05) is 13.0 Å². The predicted molar refractivity (Wildman–Crippen MR) is 85.4 cm³/mol. The Hall–Kier alpha value is -1.22. The van der Waals surface area contributed by atoms with Crippen molar-refractivity contribution in [1.82, 2.24) is 0 Å². The highest BCUT2D eigenvalue weighted by molar-refractivity contribution is 5.61. The minimum Gasteiger partial charge on any atom is -0.496 e. The molecule has 3 heteroatoms. The van der Waals surface area contributed by atoms with E-state index in [2.05, 4.69) is 30.9 Å². The Kier molecular flexibility index (Phi) is 4.92. The monoisotopic (exact) mass is 276 g/mol. The fraction of sp³-hybridized carbons (Fsp3) is 0.647. The molecule has 0 amide bonds. The van der Waals surface area contributed by atoms with E-state index in [4.69, 9.17) is 10.5 Å². The Balaban J connectivity index is 2.21. The molecule has 1 heterocycles. The molecule has 2 rings (SSSR count). The molecule has 1 aromatic rings. The van der Waals surface area contributed by atoms with Crippen molar-refractivity contribution in [2.45, 2.75) is 39.7 Å². The highest BCUT2D eigenvalue weighted by atomic mass is 16.5. The van der Waals surface area contributed by atoms with E-state index >= 15 is 0 Å². The lowest BCUT2D eigenvalue weighted by Gasteiger charge is -2.37. The van der Waals surface area contributed by atoms with Crippen LogP contribution in [-0.4, -0.2) is 20.2 Å². The van der Waals surface area contributed by atoms with Crippen molar-refractivity contribution in [2.75, 3.05) is 25.1 Å². The first-order chi connectivity index (χ1) is 9.54. The van der Waals surface area contributed by atoms with E-state index in [9.17, 15) is 0 Å². The van der Waals surface area contributed by atoms with Crippen LogP contribution in [0.2, 0.25) is 0 Å². The summed E-state index contributed by atoms with van der Waals surface area (Å²) in [6.07, 6.45) is 2.54. The molecule has 0 radical (unpaired) electrons. The van der Waals surface area contributed by atoms with Gasteiger partial charge in [-0.3, -0.25) is 0 Å². The Bertz CT molecular complexity index is 435. The second kappa shape index (κ2) is 6.49. The minimum atomic E-state index is -0.0102.